The number of rotatable bonds is 13. The molecule has 0 aromatic heterocycles. The number of ether oxygens (including phenoxy) is 4. The van der Waals surface area contributed by atoms with Crippen LogP contribution in [0.1, 0.15) is 107 Å². The van der Waals surface area contributed by atoms with Crippen LogP contribution in [0.4, 0.5) is 0 Å². The van der Waals surface area contributed by atoms with Gasteiger partial charge in [0.05, 0.1) is 24.4 Å². The fourth-order valence-corrected chi connectivity index (χ4v) is 5.68. The average Bonchev–Trinajstić information content (AvgIpc) is 2.84. The third kappa shape index (κ3) is 6.26. The van der Waals surface area contributed by atoms with Crippen molar-refractivity contribution in [3.8, 4) is 0 Å². The van der Waals surface area contributed by atoms with E-state index in [-0.39, 0.29) is 13.2 Å². The summed E-state index contributed by atoms with van der Waals surface area (Å²) in [6, 6.07) is 0. The highest BCUT2D eigenvalue weighted by Crippen LogP contribution is 2.49. The zero-order valence-electron chi connectivity index (χ0n) is 25.2. The summed E-state index contributed by atoms with van der Waals surface area (Å²) < 4.78 is 24.4. The summed E-state index contributed by atoms with van der Waals surface area (Å²) >= 11 is 0. The van der Waals surface area contributed by atoms with E-state index in [1.165, 1.54) is 46.5 Å². The van der Waals surface area contributed by atoms with Crippen LogP contribution in [0.2, 0.25) is 0 Å². The smallest absolute Gasteiger partial charge is 0.189 e. The normalized spacial score (nSPS) is 47.8. The fourth-order valence-electron chi connectivity index (χ4n) is 5.68. The van der Waals surface area contributed by atoms with E-state index in [1.807, 2.05) is 0 Å². The zero-order valence-corrected chi connectivity index (χ0v) is 25.2. The molecule has 0 aromatic carbocycles. The molecular weight excluding hydrogens is 492 g/mol. The standard InChI is InChI=1S/C29H56O9/c1-10-11-12-13-14-15-16-17-35-22-28(8,33)27(7,32)21(3)25(5,38-22)19-36-23-29(9,34)26(6,31)20(2)24(4,18-30)37-23/h20-23,30-34H,10-19H2,1-9H3. The Hall–Kier alpha value is -0.360. The molecule has 0 spiro atoms. The van der Waals surface area contributed by atoms with Gasteiger partial charge in [0.1, 0.15) is 22.4 Å². The number of unbranched alkanes of at least 4 members (excludes halogenated alkanes) is 6. The van der Waals surface area contributed by atoms with Gasteiger partial charge in [0.25, 0.3) is 0 Å². The molecule has 0 saturated carbocycles. The van der Waals surface area contributed by atoms with Crippen molar-refractivity contribution in [3.63, 3.8) is 0 Å². The van der Waals surface area contributed by atoms with Crippen molar-refractivity contribution in [2.45, 2.75) is 153 Å². The number of aliphatic hydroxyl groups is 5. The molecule has 0 amide bonds. The lowest BCUT2D eigenvalue weighted by atomic mass is 9.66. The first-order chi connectivity index (χ1) is 17.3. The van der Waals surface area contributed by atoms with Crippen molar-refractivity contribution in [3.05, 3.63) is 0 Å². The minimum absolute atomic E-state index is 0.134. The quantitative estimate of drug-likeness (QED) is 0.220. The van der Waals surface area contributed by atoms with Gasteiger partial charge in [-0.05, 0) is 48.0 Å². The van der Waals surface area contributed by atoms with Gasteiger partial charge in [-0.1, -0.05) is 59.3 Å². The highest BCUT2D eigenvalue weighted by Gasteiger charge is 2.65. The summed E-state index contributed by atoms with van der Waals surface area (Å²) in [5, 5.41) is 55.3. The van der Waals surface area contributed by atoms with E-state index >= 15 is 0 Å². The maximum Gasteiger partial charge on any atom is 0.189 e. The molecule has 0 aromatic rings. The maximum absolute atomic E-state index is 11.5. The molecule has 2 heterocycles. The summed E-state index contributed by atoms with van der Waals surface area (Å²) in [6.07, 6.45) is 5.45. The molecule has 10 atom stereocenters. The van der Waals surface area contributed by atoms with Crippen LogP contribution in [-0.2, 0) is 18.9 Å². The van der Waals surface area contributed by atoms with Gasteiger partial charge in [-0.25, -0.2) is 0 Å². The Labute approximate surface area is 229 Å². The molecule has 2 saturated heterocycles. The molecule has 2 aliphatic heterocycles. The molecular formula is C29H56O9. The van der Waals surface area contributed by atoms with Crippen molar-refractivity contribution >= 4 is 0 Å². The summed E-state index contributed by atoms with van der Waals surface area (Å²) in [7, 11) is 0. The predicted molar refractivity (Wildman–Crippen MR) is 144 cm³/mol. The van der Waals surface area contributed by atoms with Crippen LogP contribution in [0.3, 0.4) is 0 Å². The summed E-state index contributed by atoms with van der Waals surface area (Å²) in [5.41, 5.74) is -9.02. The minimum atomic E-state index is -1.81. The molecule has 38 heavy (non-hydrogen) atoms. The van der Waals surface area contributed by atoms with Crippen LogP contribution in [0.25, 0.3) is 0 Å². The fraction of sp³-hybridized carbons (Fsp3) is 1.00. The number of aliphatic hydroxyl groups excluding tert-OH is 1. The van der Waals surface area contributed by atoms with E-state index in [9.17, 15) is 25.5 Å². The first-order valence-corrected chi connectivity index (χ1v) is 14.4. The van der Waals surface area contributed by atoms with E-state index < -0.39 is 58.0 Å². The second kappa shape index (κ2) is 12.2. The van der Waals surface area contributed by atoms with Gasteiger partial charge >= 0.3 is 0 Å². The van der Waals surface area contributed by atoms with Crippen LogP contribution >= 0.6 is 0 Å². The van der Waals surface area contributed by atoms with Gasteiger partial charge < -0.3 is 44.5 Å². The average molecular weight is 549 g/mol. The lowest BCUT2D eigenvalue weighted by Crippen LogP contribution is -2.74. The Balaban J connectivity index is 2.14. The van der Waals surface area contributed by atoms with Gasteiger partial charge in [0.15, 0.2) is 12.6 Å². The molecule has 10 unspecified atom stereocenters. The SMILES string of the molecule is CCCCCCCCCOC1OC(C)(COC2OC(C)(CO)C(C)C(C)(O)C2(C)O)C(C)C(C)(O)C1(C)O. The second-order valence-corrected chi connectivity index (χ2v) is 13.0. The largest absolute Gasteiger partial charge is 0.393 e. The molecule has 5 N–H and O–H groups in total. The Morgan fingerprint density at radius 2 is 1.03 bits per heavy atom. The van der Waals surface area contributed by atoms with Gasteiger partial charge in [-0.2, -0.15) is 0 Å². The molecule has 0 bridgehead atoms. The Morgan fingerprint density at radius 1 is 0.605 bits per heavy atom. The van der Waals surface area contributed by atoms with Crippen LogP contribution in [0.5, 0.6) is 0 Å². The van der Waals surface area contributed by atoms with Crippen LogP contribution in [0.15, 0.2) is 0 Å². The Bertz CT molecular complexity index is 752. The van der Waals surface area contributed by atoms with Crippen molar-refractivity contribution < 1.29 is 44.5 Å². The van der Waals surface area contributed by atoms with E-state index in [4.69, 9.17) is 18.9 Å². The first-order valence-electron chi connectivity index (χ1n) is 14.4. The minimum Gasteiger partial charge on any atom is -0.393 e. The monoisotopic (exact) mass is 548 g/mol. The Morgan fingerprint density at radius 3 is 1.53 bits per heavy atom. The van der Waals surface area contributed by atoms with Crippen LogP contribution in [-0.4, -0.2) is 91.5 Å². The second-order valence-electron chi connectivity index (χ2n) is 13.0. The third-order valence-electron chi connectivity index (χ3n) is 10.1. The lowest BCUT2D eigenvalue weighted by molar-refractivity contribution is -0.406. The van der Waals surface area contributed by atoms with E-state index in [2.05, 4.69) is 6.92 Å². The van der Waals surface area contributed by atoms with Gasteiger partial charge in [0.2, 0.25) is 0 Å². The summed E-state index contributed by atoms with van der Waals surface area (Å²) in [4.78, 5) is 0. The molecule has 9 heteroatoms. The van der Waals surface area contributed by atoms with E-state index in [0.717, 1.165) is 19.3 Å². The highest BCUT2D eigenvalue weighted by atomic mass is 16.7. The third-order valence-corrected chi connectivity index (χ3v) is 10.1. The van der Waals surface area contributed by atoms with E-state index in [0.29, 0.717) is 6.61 Å². The number of hydrogen-bond acceptors (Lipinski definition) is 9. The van der Waals surface area contributed by atoms with Crippen molar-refractivity contribution in [1.82, 2.24) is 0 Å². The molecule has 0 radical (unpaired) electrons. The van der Waals surface area contributed by atoms with Crippen LogP contribution < -0.4 is 0 Å². The highest BCUT2D eigenvalue weighted by molar-refractivity contribution is 5.11. The van der Waals surface area contributed by atoms with Crippen molar-refractivity contribution in [1.29, 1.82) is 0 Å². The van der Waals surface area contributed by atoms with Gasteiger partial charge in [-0.15, -0.1) is 0 Å². The zero-order chi connectivity index (χ0) is 29.2. The molecule has 226 valence electrons. The van der Waals surface area contributed by atoms with E-state index in [1.54, 1.807) is 34.6 Å². The molecule has 0 aliphatic carbocycles. The van der Waals surface area contributed by atoms with Crippen molar-refractivity contribution in [2.75, 3.05) is 19.8 Å². The predicted octanol–water partition coefficient (Wildman–Crippen LogP) is 3.27. The van der Waals surface area contributed by atoms with Gasteiger partial charge in [0, 0.05) is 18.4 Å². The van der Waals surface area contributed by atoms with Crippen LogP contribution in [0, 0.1) is 11.8 Å². The molecule has 2 rings (SSSR count). The van der Waals surface area contributed by atoms with Crippen molar-refractivity contribution in [2.24, 2.45) is 11.8 Å². The maximum atomic E-state index is 11.5. The summed E-state index contributed by atoms with van der Waals surface area (Å²) in [5.74, 6) is -1.21. The topological polar surface area (TPSA) is 138 Å². The molecule has 2 aliphatic rings. The molecule has 9 nitrogen and oxygen atoms in total. The lowest BCUT2D eigenvalue weighted by Gasteiger charge is -2.59. The first kappa shape index (κ1) is 33.8. The van der Waals surface area contributed by atoms with Gasteiger partial charge in [-0.3, -0.25) is 0 Å². The number of hydrogen-bond donors (Lipinski definition) is 5. The Kier molecular flexibility index (Phi) is 10.9. The molecule has 2 fully saturated rings. The summed E-state index contributed by atoms with van der Waals surface area (Å²) in [6.45, 7) is 15.0.